The molecule has 0 aliphatic heterocycles. The number of nitro benzene ring substituents is 1. The molecule has 0 aliphatic carbocycles. The number of nitriles is 1. The lowest BCUT2D eigenvalue weighted by molar-refractivity contribution is -0.385. The van der Waals surface area contributed by atoms with E-state index in [-0.39, 0.29) is 11.3 Å². The van der Waals surface area contributed by atoms with Gasteiger partial charge in [0.05, 0.1) is 16.3 Å². The molecule has 0 spiro atoms. The van der Waals surface area contributed by atoms with Gasteiger partial charge in [0.2, 0.25) is 0 Å². The molecular formula is C13H10N4O2. The number of benzene rings is 1. The molecule has 6 heteroatoms. The quantitative estimate of drug-likeness (QED) is 0.671. The zero-order valence-corrected chi connectivity index (χ0v) is 10.1. The topological polar surface area (TPSA) is 91.8 Å². The minimum absolute atomic E-state index is 0.0402. The Balaban J connectivity index is 2.38. The van der Waals surface area contributed by atoms with Crippen LogP contribution < -0.4 is 5.32 Å². The van der Waals surface area contributed by atoms with Crippen molar-refractivity contribution in [3.8, 4) is 6.07 Å². The minimum atomic E-state index is -0.570. The van der Waals surface area contributed by atoms with Gasteiger partial charge >= 0.3 is 0 Å². The predicted octanol–water partition coefficient (Wildman–Crippen LogP) is 2.91. The van der Waals surface area contributed by atoms with Gasteiger partial charge < -0.3 is 5.32 Å². The minimum Gasteiger partial charge on any atom is -0.354 e. The summed E-state index contributed by atoms with van der Waals surface area (Å²) in [6, 6.07) is 9.78. The van der Waals surface area contributed by atoms with Crippen LogP contribution in [0.5, 0.6) is 0 Å². The largest absolute Gasteiger partial charge is 0.354 e. The van der Waals surface area contributed by atoms with Gasteiger partial charge in [-0.25, -0.2) is 0 Å². The van der Waals surface area contributed by atoms with Crippen molar-refractivity contribution in [2.45, 2.75) is 6.92 Å². The Hall–Kier alpha value is -2.94. The van der Waals surface area contributed by atoms with Crippen LogP contribution in [0.4, 0.5) is 17.1 Å². The van der Waals surface area contributed by atoms with Gasteiger partial charge in [0, 0.05) is 18.0 Å². The van der Waals surface area contributed by atoms with Crippen LogP contribution in [0, 0.1) is 28.4 Å². The molecule has 0 amide bonds. The third-order valence-electron chi connectivity index (χ3n) is 2.60. The fraction of sp³-hybridized carbons (Fsp3) is 0.0769. The molecule has 6 nitrogen and oxygen atoms in total. The molecule has 19 heavy (non-hydrogen) atoms. The molecule has 2 aromatic rings. The summed E-state index contributed by atoms with van der Waals surface area (Å²) < 4.78 is 0. The summed E-state index contributed by atoms with van der Waals surface area (Å²) in [5, 5.41) is 22.7. The molecule has 1 aromatic carbocycles. The highest BCUT2D eigenvalue weighted by Crippen LogP contribution is 2.25. The SMILES string of the molecule is Cc1ncccc1Nc1ccc(C#N)c([N+](=O)[O-])c1. The van der Waals surface area contributed by atoms with Crippen molar-refractivity contribution in [1.82, 2.24) is 4.98 Å². The highest BCUT2D eigenvalue weighted by atomic mass is 16.6. The molecular weight excluding hydrogens is 244 g/mol. The van der Waals surface area contributed by atoms with Gasteiger partial charge in [-0.15, -0.1) is 0 Å². The second kappa shape index (κ2) is 5.14. The van der Waals surface area contributed by atoms with Gasteiger partial charge in [0.1, 0.15) is 11.6 Å². The normalized spacial score (nSPS) is 9.68. The van der Waals surface area contributed by atoms with Gasteiger partial charge in [-0.3, -0.25) is 15.1 Å². The van der Waals surface area contributed by atoms with Crippen LogP contribution in [0.3, 0.4) is 0 Å². The molecule has 0 saturated heterocycles. The molecule has 0 aliphatic rings. The molecule has 0 fully saturated rings. The number of nitro groups is 1. The summed E-state index contributed by atoms with van der Waals surface area (Å²) in [6.07, 6.45) is 1.67. The van der Waals surface area contributed by atoms with Gasteiger partial charge in [-0.2, -0.15) is 5.26 Å². The van der Waals surface area contributed by atoms with Crippen molar-refractivity contribution >= 4 is 17.1 Å². The number of hydrogen-bond donors (Lipinski definition) is 1. The highest BCUT2D eigenvalue weighted by molar-refractivity contribution is 5.66. The second-order valence-corrected chi connectivity index (χ2v) is 3.86. The fourth-order valence-corrected chi connectivity index (χ4v) is 1.63. The molecule has 1 heterocycles. The maximum atomic E-state index is 10.9. The summed E-state index contributed by atoms with van der Waals surface area (Å²) in [6.45, 7) is 1.83. The zero-order chi connectivity index (χ0) is 13.8. The van der Waals surface area contributed by atoms with Crippen molar-refractivity contribution in [2.24, 2.45) is 0 Å². The van der Waals surface area contributed by atoms with E-state index in [4.69, 9.17) is 5.26 Å². The van der Waals surface area contributed by atoms with E-state index in [9.17, 15) is 10.1 Å². The van der Waals surface area contributed by atoms with E-state index < -0.39 is 4.92 Å². The number of hydrogen-bond acceptors (Lipinski definition) is 5. The van der Waals surface area contributed by atoms with E-state index in [2.05, 4.69) is 10.3 Å². The van der Waals surface area contributed by atoms with Crippen molar-refractivity contribution in [1.29, 1.82) is 5.26 Å². The summed E-state index contributed by atoms with van der Waals surface area (Å²) in [5.41, 5.74) is 1.92. The Bertz CT molecular complexity index is 677. The first kappa shape index (κ1) is 12.5. The summed E-state index contributed by atoms with van der Waals surface area (Å²) in [5.74, 6) is 0. The van der Waals surface area contributed by atoms with Crippen LogP contribution in [0.1, 0.15) is 11.3 Å². The van der Waals surface area contributed by atoms with Crippen molar-refractivity contribution in [2.75, 3.05) is 5.32 Å². The number of anilines is 2. The van der Waals surface area contributed by atoms with E-state index >= 15 is 0 Å². The third-order valence-corrected chi connectivity index (χ3v) is 2.60. The van der Waals surface area contributed by atoms with Crippen LogP contribution in [0.25, 0.3) is 0 Å². The monoisotopic (exact) mass is 254 g/mol. The first-order chi connectivity index (χ1) is 9.11. The van der Waals surface area contributed by atoms with Crippen molar-refractivity contribution < 1.29 is 4.92 Å². The smallest absolute Gasteiger partial charge is 0.289 e. The van der Waals surface area contributed by atoms with Crippen LogP contribution in [0.2, 0.25) is 0 Å². The van der Waals surface area contributed by atoms with E-state index in [0.717, 1.165) is 11.4 Å². The summed E-state index contributed by atoms with van der Waals surface area (Å²) >= 11 is 0. The molecule has 0 radical (unpaired) electrons. The number of nitrogens with zero attached hydrogens (tertiary/aromatic N) is 3. The molecule has 0 atom stereocenters. The maximum Gasteiger partial charge on any atom is 0.289 e. The van der Waals surface area contributed by atoms with Gasteiger partial charge in [-0.05, 0) is 31.2 Å². The maximum absolute atomic E-state index is 10.9. The number of aryl methyl sites for hydroxylation is 1. The van der Waals surface area contributed by atoms with Gasteiger partial charge in [0.25, 0.3) is 5.69 Å². The van der Waals surface area contributed by atoms with Crippen molar-refractivity contribution in [3.63, 3.8) is 0 Å². The Morgan fingerprint density at radius 2 is 2.21 bits per heavy atom. The molecule has 1 N–H and O–H groups in total. The van der Waals surface area contributed by atoms with Crippen molar-refractivity contribution in [3.05, 3.63) is 57.9 Å². The lowest BCUT2D eigenvalue weighted by Crippen LogP contribution is -1.97. The standard InChI is InChI=1S/C13H10N4O2/c1-9-12(3-2-6-15-9)16-11-5-4-10(8-14)13(7-11)17(18)19/h2-7,16H,1H3. The first-order valence-electron chi connectivity index (χ1n) is 5.49. The highest BCUT2D eigenvalue weighted by Gasteiger charge is 2.14. The van der Waals surface area contributed by atoms with Crippen LogP contribution in [0.15, 0.2) is 36.5 Å². The molecule has 0 bridgehead atoms. The van der Waals surface area contributed by atoms with Gasteiger partial charge in [-0.1, -0.05) is 0 Å². The average Bonchev–Trinajstić information content (AvgIpc) is 2.41. The average molecular weight is 254 g/mol. The van der Waals surface area contributed by atoms with E-state index in [1.54, 1.807) is 24.4 Å². The molecule has 0 saturated carbocycles. The van der Waals surface area contributed by atoms with Crippen LogP contribution >= 0.6 is 0 Å². The first-order valence-corrected chi connectivity index (χ1v) is 5.49. The predicted molar refractivity (Wildman–Crippen MR) is 70.1 cm³/mol. The summed E-state index contributed by atoms with van der Waals surface area (Å²) in [4.78, 5) is 14.4. The Labute approximate surface area is 109 Å². The second-order valence-electron chi connectivity index (χ2n) is 3.86. The lowest BCUT2D eigenvalue weighted by Gasteiger charge is -2.08. The Morgan fingerprint density at radius 1 is 1.42 bits per heavy atom. The molecule has 0 unspecified atom stereocenters. The Morgan fingerprint density at radius 3 is 2.84 bits per heavy atom. The lowest BCUT2D eigenvalue weighted by atomic mass is 10.1. The van der Waals surface area contributed by atoms with Crippen LogP contribution in [-0.4, -0.2) is 9.91 Å². The Kier molecular flexibility index (Phi) is 3.39. The van der Waals surface area contributed by atoms with E-state index in [1.807, 2.05) is 13.0 Å². The third kappa shape index (κ3) is 2.66. The number of nitrogens with one attached hydrogen (secondary N) is 1. The summed E-state index contributed by atoms with van der Waals surface area (Å²) in [7, 11) is 0. The van der Waals surface area contributed by atoms with E-state index in [1.165, 1.54) is 12.1 Å². The number of pyridine rings is 1. The fourth-order valence-electron chi connectivity index (χ4n) is 1.63. The molecule has 1 aromatic heterocycles. The molecule has 2 rings (SSSR count). The van der Waals surface area contributed by atoms with Gasteiger partial charge in [0.15, 0.2) is 0 Å². The number of aromatic nitrogens is 1. The van der Waals surface area contributed by atoms with E-state index in [0.29, 0.717) is 5.69 Å². The number of rotatable bonds is 3. The molecule has 94 valence electrons. The zero-order valence-electron chi connectivity index (χ0n) is 10.1. The van der Waals surface area contributed by atoms with Crippen LogP contribution in [-0.2, 0) is 0 Å².